The average Bonchev–Trinajstić information content (AvgIpc) is 2.92. The highest BCUT2D eigenvalue weighted by atomic mass is 32.2. The molecule has 5 nitrogen and oxygen atoms in total. The lowest BCUT2D eigenvalue weighted by molar-refractivity contribution is -0.119. The summed E-state index contributed by atoms with van der Waals surface area (Å²) in [6.45, 7) is 6.09. The number of nitrogens with one attached hydrogen (secondary N) is 2. The highest BCUT2D eigenvalue weighted by Gasteiger charge is 2.10. The second-order valence-electron chi connectivity index (χ2n) is 5.03. The summed E-state index contributed by atoms with van der Waals surface area (Å²) in [7, 11) is 0. The Labute approximate surface area is 138 Å². The van der Waals surface area contributed by atoms with Crippen molar-refractivity contribution in [1.82, 2.24) is 15.5 Å². The maximum Gasteiger partial charge on any atom is 0.230 e. The first-order valence-electron chi connectivity index (χ1n) is 7.16. The van der Waals surface area contributed by atoms with E-state index >= 15 is 0 Å². The Morgan fingerprint density at radius 3 is 2.95 bits per heavy atom. The van der Waals surface area contributed by atoms with Gasteiger partial charge < -0.3 is 10.6 Å². The zero-order chi connectivity index (χ0) is 15.9. The summed E-state index contributed by atoms with van der Waals surface area (Å²) in [6, 6.07) is 8.28. The first-order chi connectivity index (χ1) is 10.6. The van der Waals surface area contributed by atoms with Crippen molar-refractivity contribution >= 4 is 39.8 Å². The van der Waals surface area contributed by atoms with Crippen molar-refractivity contribution in [2.75, 3.05) is 11.1 Å². The molecule has 1 aromatic heterocycles. The third-order valence-corrected chi connectivity index (χ3v) is 4.99. The van der Waals surface area contributed by atoms with E-state index in [-0.39, 0.29) is 11.9 Å². The molecule has 0 spiro atoms. The van der Waals surface area contributed by atoms with E-state index < -0.39 is 0 Å². The molecule has 1 amide bonds. The van der Waals surface area contributed by atoms with Crippen LogP contribution in [0, 0.1) is 6.92 Å². The van der Waals surface area contributed by atoms with Crippen molar-refractivity contribution in [2.24, 2.45) is 0 Å². The van der Waals surface area contributed by atoms with Gasteiger partial charge in [-0.2, -0.15) is 0 Å². The van der Waals surface area contributed by atoms with Gasteiger partial charge in [0.25, 0.3) is 0 Å². The molecular weight excluding hydrogens is 316 g/mol. The van der Waals surface area contributed by atoms with Crippen LogP contribution in [0.25, 0.3) is 0 Å². The predicted molar refractivity (Wildman–Crippen MR) is 93.0 cm³/mol. The summed E-state index contributed by atoms with van der Waals surface area (Å²) in [6.07, 6.45) is 0.930. The van der Waals surface area contributed by atoms with Crippen molar-refractivity contribution in [2.45, 2.75) is 37.6 Å². The molecule has 0 aliphatic carbocycles. The zero-order valence-electron chi connectivity index (χ0n) is 12.9. The topological polar surface area (TPSA) is 66.9 Å². The summed E-state index contributed by atoms with van der Waals surface area (Å²) in [5.41, 5.74) is 2.17. The van der Waals surface area contributed by atoms with Crippen LogP contribution in [0.1, 0.15) is 25.8 Å². The highest BCUT2D eigenvalue weighted by molar-refractivity contribution is 8.01. The fourth-order valence-corrected chi connectivity index (χ4v) is 3.29. The summed E-state index contributed by atoms with van der Waals surface area (Å²) in [4.78, 5) is 11.7. The number of carbonyl (C=O) groups excluding carboxylic acids is 1. The number of amides is 1. The van der Waals surface area contributed by atoms with Gasteiger partial charge in [0, 0.05) is 11.7 Å². The maximum absolute atomic E-state index is 11.7. The second kappa shape index (κ2) is 8.14. The van der Waals surface area contributed by atoms with Gasteiger partial charge in [0.15, 0.2) is 4.34 Å². The number of nitrogens with zero attached hydrogens (tertiary/aromatic N) is 2. The van der Waals surface area contributed by atoms with Crippen LogP contribution in [0.5, 0.6) is 0 Å². The van der Waals surface area contributed by atoms with Gasteiger partial charge in [0.2, 0.25) is 11.0 Å². The van der Waals surface area contributed by atoms with Gasteiger partial charge in [-0.3, -0.25) is 4.79 Å². The Bertz CT molecular complexity index is 630. The second-order valence-corrected chi connectivity index (χ2v) is 7.23. The Morgan fingerprint density at radius 1 is 1.41 bits per heavy atom. The van der Waals surface area contributed by atoms with E-state index in [1.54, 1.807) is 0 Å². The first-order valence-corrected chi connectivity index (χ1v) is 8.96. The molecule has 0 aliphatic rings. The highest BCUT2D eigenvalue weighted by Crippen LogP contribution is 2.27. The lowest BCUT2D eigenvalue weighted by atomic mass is 10.2. The van der Waals surface area contributed by atoms with E-state index in [4.69, 9.17) is 0 Å². The van der Waals surface area contributed by atoms with Gasteiger partial charge in [-0.15, -0.1) is 10.2 Å². The molecule has 22 heavy (non-hydrogen) atoms. The van der Waals surface area contributed by atoms with E-state index in [9.17, 15) is 4.79 Å². The Hall–Kier alpha value is -1.60. The van der Waals surface area contributed by atoms with Gasteiger partial charge >= 0.3 is 0 Å². The predicted octanol–water partition coefficient (Wildman–Crippen LogP) is 3.60. The van der Waals surface area contributed by atoms with Crippen molar-refractivity contribution in [3.8, 4) is 0 Å². The lowest BCUT2D eigenvalue weighted by Gasteiger charge is -2.09. The van der Waals surface area contributed by atoms with Crippen LogP contribution in [0.15, 0.2) is 28.6 Å². The molecule has 0 saturated heterocycles. The number of rotatable bonds is 7. The molecule has 0 unspecified atom stereocenters. The van der Waals surface area contributed by atoms with Crippen LogP contribution >= 0.6 is 23.1 Å². The van der Waals surface area contributed by atoms with E-state index in [0.717, 1.165) is 21.6 Å². The number of aromatic nitrogens is 2. The first kappa shape index (κ1) is 16.8. The number of carbonyl (C=O) groups is 1. The van der Waals surface area contributed by atoms with Crippen LogP contribution in [-0.2, 0) is 4.79 Å². The normalized spacial score (nSPS) is 12.0. The molecule has 1 aromatic carbocycles. The third kappa shape index (κ3) is 5.31. The van der Waals surface area contributed by atoms with E-state index in [0.29, 0.717) is 5.75 Å². The quantitative estimate of drug-likeness (QED) is 0.756. The molecule has 0 fully saturated rings. The van der Waals surface area contributed by atoms with Gasteiger partial charge in [-0.05, 0) is 38.0 Å². The van der Waals surface area contributed by atoms with E-state index in [1.807, 2.05) is 45.0 Å². The van der Waals surface area contributed by atoms with Gasteiger partial charge in [-0.1, -0.05) is 42.2 Å². The number of benzene rings is 1. The minimum atomic E-state index is 0.0303. The molecule has 118 valence electrons. The summed E-state index contributed by atoms with van der Waals surface area (Å²) >= 11 is 2.86. The molecule has 2 aromatic rings. The fraction of sp³-hybridized carbons (Fsp3) is 0.400. The smallest absolute Gasteiger partial charge is 0.230 e. The molecule has 0 saturated carbocycles. The van der Waals surface area contributed by atoms with Gasteiger partial charge in [0.05, 0.1) is 5.75 Å². The van der Waals surface area contributed by atoms with Crippen LogP contribution in [0.2, 0.25) is 0 Å². The van der Waals surface area contributed by atoms with Gasteiger partial charge in [-0.25, -0.2) is 0 Å². The Balaban J connectivity index is 1.85. The summed E-state index contributed by atoms with van der Waals surface area (Å²) in [5.74, 6) is 0.395. The molecule has 7 heteroatoms. The van der Waals surface area contributed by atoms with Crippen molar-refractivity contribution in [3.05, 3.63) is 29.8 Å². The third-order valence-electron chi connectivity index (χ3n) is 3.02. The van der Waals surface area contributed by atoms with Crippen LogP contribution in [0.4, 0.5) is 10.8 Å². The average molecular weight is 336 g/mol. The number of anilines is 2. The van der Waals surface area contributed by atoms with Crippen LogP contribution in [0.3, 0.4) is 0 Å². The van der Waals surface area contributed by atoms with E-state index in [1.165, 1.54) is 28.7 Å². The fourth-order valence-electron chi connectivity index (χ4n) is 1.71. The van der Waals surface area contributed by atoms with Gasteiger partial charge in [0.1, 0.15) is 0 Å². The Kier molecular flexibility index (Phi) is 6.21. The standard InChI is InChI=1S/C15H20N4OS2/c1-4-11(3)16-13(20)9-21-15-19-18-14(22-15)17-12-7-5-6-10(2)8-12/h5-8,11H,4,9H2,1-3H3,(H,16,20)(H,17,18)/t11-/m0/s1. The number of hydrogen-bond donors (Lipinski definition) is 2. The maximum atomic E-state index is 11.7. The van der Waals surface area contributed by atoms with Crippen LogP contribution in [-0.4, -0.2) is 27.9 Å². The van der Waals surface area contributed by atoms with E-state index in [2.05, 4.69) is 20.8 Å². The lowest BCUT2D eigenvalue weighted by Crippen LogP contribution is -2.33. The number of aryl methyl sites for hydroxylation is 1. The summed E-state index contributed by atoms with van der Waals surface area (Å²) in [5, 5.41) is 15.1. The largest absolute Gasteiger partial charge is 0.353 e. The number of hydrogen-bond acceptors (Lipinski definition) is 6. The summed E-state index contributed by atoms with van der Waals surface area (Å²) < 4.78 is 0.787. The monoisotopic (exact) mass is 336 g/mol. The molecule has 0 radical (unpaired) electrons. The minimum absolute atomic E-state index is 0.0303. The molecule has 1 heterocycles. The van der Waals surface area contributed by atoms with Crippen molar-refractivity contribution < 1.29 is 4.79 Å². The van der Waals surface area contributed by atoms with Crippen molar-refractivity contribution in [3.63, 3.8) is 0 Å². The molecule has 2 N–H and O–H groups in total. The molecule has 0 aliphatic heterocycles. The van der Waals surface area contributed by atoms with Crippen molar-refractivity contribution in [1.29, 1.82) is 0 Å². The minimum Gasteiger partial charge on any atom is -0.353 e. The molecular formula is C15H20N4OS2. The zero-order valence-corrected chi connectivity index (χ0v) is 14.6. The van der Waals surface area contributed by atoms with Crippen LogP contribution < -0.4 is 10.6 Å². The molecule has 1 atom stereocenters. The SMILES string of the molecule is CC[C@H](C)NC(=O)CSc1nnc(Nc2cccc(C)c2)s1. The molecule has 2 rings (SSSR count). The number of thioether (sulfide) groups is 1. The Morgan fingerprint density at radius 2 is 2.23 bits per heavy atom. The molecule has 0 bridgehead atoms.